The van der Waals surface area contributed by atoms with E-state index in [4.69, 9.17) is 23.2 Å². The molecule has 1 aromatic heterocycles. The lowest BCUT2D eigenvalue weighted by Crippen LogP contribution is -2.02. The van der Waals surface area contributed by atoms with Crippen LogP contribution in [0, 0.1) is 0 Å². The number of nitrogens with zero attached hydrogens (tertiary/aromatic N) is 1. The molecule has 12 heavy (non-hydrogen) atoms. The first-order chi connectivity index (χ1) is 5.70. The summed E-state index contributed by atoms with van der Waals surface area (Å²) in [5.74, 6) is 0.626. The van der Waals surface area contributed by atoms with E-state index in [2.05, 4.69) is 16.9 Å². The molecule has 1 heterocycles. The van der Waals surface area contributed by atoms with Gasteiger partial charge in [-0.3, -0.25) is 0 Å². The highest BCUT2D eigenvalue weighted by molar-refractivity contribution is 6.33. The van der Waals surface area contributed by atoms with Gasteiger partial charge in [0.15, 0.2) is 0 Å². The summed E-state index contributed by atoms with van der Waals surface area (Å²) >= 11 is 11.4. The van der Waals surface area contributed by atoms with Crippen molar-refractivity contribution in [2.24, 2.45) is 0 Å². The Morgan fingerprint density at radius 3 is 3.00 bits per heavy atom. The molecule has 0 saturated heterocycles. The summed E-state index contributed by atoms with van der Waals surface area (Å²) in [6, 6.07) is 3.52. The Hall–Kier alpha value is -0.730. The van der Waals surface area contributed by atoms with Gasteiger partial charge in [-0.2, -0.15) is 0 Å². The van der Waals surface area contributed by atoms with E-state index in [9.17, 15) is 0 Å². The van der Waals surface area contributed by atoms with Crippen LogP contribution in [-0.2, 0) is 0 Å². The molecular weight excluding hydrogens is 195 g/mol. The number of hydrogen-bond donors (Lipinski definition) is 1. The number of halogens is 2. The smallest absolute Gasteiger partial charge is 0.145 e. The van der Waals surface area contributed by atoms with Crippen LogP contribution in [0.15, 0.2) is 29.9 Å². The molecule has 0 radical (unpaired) electrons. The number of aromatic nitrogens is 1. The van der Waals surface area contributed by atoms with Crippen LogP contribution < -0.4 is 5.32 Å². The molecule has 0 atom stereocenters. The normalized spacial score (nSPS) is 9.50. The number of hydrogen-bond acceptors (Lipinski definition) is 2. The maximum Gasteiger partial charge on any atom is 0.145 e. The van der Waals surface area contributed by atoms with Crippen LogP contribution in [-0.4, -0.2) is 11.5 Å². The topological polar surface area (TPSA) is 24.9 Å². The second-order valence-corrected chi connectivity index (χ2v) is 3.15. The van der Waals surface area contributed by atoms with Gasteiger partial charge in [-0.25, -0.2) is 4.98 Å². The van der Waals surface area contributed by atoms with Crippen molar-refractivity contribution in [2.45, 2.75) is 0 Å². The minimum Gasteiger partial charge on any atom is -0.364 e. The zero-order chi connectivity index (χ0) is 8.97. The summed E-state index contributed by atoms with van der Waals surface area (Å²) in [6.07, 6.45) is 1.66. The summed E-state index contributed by atoms with van der Waals surface area (Å²) in [5, 5.41) is 4.04. The lowest BCUT2D eigenvalue weighted by atomic mass is 10.4. The van der Waals surface area contributed by atoms with Gasteiger partial charge in [-0.15, -0.1) is 0 Å². The molecule has 0 aromatic carbocycles. The molecule has 0 bridgehead atoms. The second-order valence-electron chi connectivity index (χ2n) is 2.20. The fourth-order valence-electron chi connectivity index (χ4n) is 0.695. The highest BCUT2D eigenvalue weighted by atomic mass is 35.5. The summed E-state index contributed by atoms with van der Waals surface area (Å²) in [5.41, 5.74) is 0. The molecule has 0 aliphatic heterocycles. The van der Waals surface area contributed by atoms with Crippen molar-refractivity contribution in [2.75, 3.05) is 11.9 Å². The van der Waals surface area contributed by atoms with Crippen molar-refractivity contribution >= 4 is 29.0 Å². The molecular formula is C8H8Cl2N2. The molecule has 1 N–H and O–H groups in total. The third-order valence-corrected chi connectivity index (χ3v) is 1.64. The second kappa shape index (κ2) is 4.33. The van der Waals surface area contributed by atoms with Crippen LogP contribution in [0.4, 0.5) is 5.82 Å². The van der Waals surface area contributed by atoms with Crippen LogP contribution in [0.25, 0.3) is 0 Å². The first-order valence-corrected chi connectivity index (χ1v) is 4.13. The molecule has 64 valence electrons. The van der Waals surface area contributed by atoms with Crippen LogP contribution >= 0.6 is 23.2 Å². The first-order valence-electron chi connectivity index (χ1n) is 3.38. The molecule has 0 aliphatic carbocycles. The molecule has 1 aromatic rings. The van der Waals surface area contributed by atoms with Crippen LogP contribution in [0.2, 0.25) is 5.02 Å². The third kappa shape index (κ3) is 2.72. The van der Waals surface area contributed by atoms with Crippen molar-refractivity contribution in [3.8, 4) is 0 Å². The lowest BCUT2D eigenvalue weighted by Gasteiger charge is -2.04. The van der Waals surface area contributed by atoms with Gasteiger partial charge in [0, 0.05) is 11.2 Å². The van der Waals surface area contributed by atoms with E-state index in [1.807, 2.05) is 0 Å². The Labute approximate surface area is 81.2 Å². The summed E-state index contributed by atoms with van der Waals surface area (Å²) < 4.78 is 0. The van der Waals surface area contributed by atoms with E-state index in [1.54, 1.807) is 18.3 Å². The largest absolute Gasteiger partial charge is 0.364 e. The highest BCUT2D eigenvalue weighted by Crippen LogP contribution is 2.17. The summed E-state index contributed by atoms with van der Waals surface area (Å²) in [4.78, 5) is 4.01. The van der Waals surface area contributed by atoms with Gasteiger partial charge in [0.25, 0.3) is 0 Å². The minimum absolute atomic E-state index is 0.471. The van der Waals surface area contributed by atoms with E-state index >= 15 is 0 Å². The van der Waals surface area contributed by atoms with Crippen LogP contribution in [0.5, 0.6) is 0 Å². The standard InChI is InChI=1S/C8H8Cl2N2/c1-6(9)5-12-8-7(10)3-2-4-11-8/h2-4H,1,5H2,(H,11,12). The Balaban J connectivity index is 2.63. The predicted molar refractivity (Wildman–Crippen MR) is 52.7 cm³/mol. The Morgan fingerprint density at radius 1 is 1.67 bits per heavy atom. The number of nitrogens with one attached hydrogen (secondary N) is 1. The molecule has 0 fully saturated rings. The lowest BCUT2D eigenvalue weighted by molar-refractivity contribution is 1.22. The first kappa shape index (κ1) is 9.36. The third-order valence-electron chi connectivity index (χ3n) is 1.21. The van der Waals surface area contributed by atoms with Gasteiger partial charge in [-0.05, 0) is 12.1 Å². The molecule has 4 heteroatoms. The van der Waals surface area contributed by atoms with Gasteiger partial charge in [0.05, 0.1) is 11.6 Å². The number of rotatable bonds is 3. The molecule has 1 rings (SSSR count). The van der Waals surface area contributed by atoms with Crippen molar-refractivity contribution in [3.63, 3.8) is 0 Å². The van der Waals surface area contributed by atoms with E-state index < -0.39 is 0 Å². The quantitative estimate of drug-likeness (QED) is 0.816. The van der Waals surface area contributed by atoms with Gasteiger partial charge in [-0.1, -0.05) is 29.8 Å². The van der Waals surface area contributed by atoms with E-state index in [0.717, 1.165) is 0 Å². The van der Waals surface area contributed by atoms with Gasteiger partial charge in [0.1, 0.15) is 5.82 Å². The molecule has 0 aliphatic rings. The van der Waals surface area contributed by atoms with Crippen LogP contribution in [0.3, 0.4) is 0 Å². The molecule has 0 unspecified atom stereocenters. The number of pyridine rings is 1. The number of anilines is 1. The van der Waals surface area contributed by atoms with Crippen LogP contribution in [0.1, 0.15) is 0 Å². The van der Waals surface area contributed by atoms with E-state index in [1.165, 1.54) is 0 Å². The van der Waals surface area contributed by atoms with Crippen molar-refractivity contribution in [1.82, 2.24) is 4.98 Å². The summed E-state index contributed by atoms with van der Waals surface area (Å²) in [6.45, 7) is 4.00. The molecule has 0 spiro atoms. The molecule has 0 saturated carbocycles. The van der Waals surface area contributed by atoms with Crippen molar-refractivity contribution in [3.05, 3.63) is 35.0 Å². The Morgan fingerprint density at radius 2 is 2.42 bits per heavy atom. The van der Waals surface area contributed by atoms with Gasteiger partial charge in [0.2, 0.25) is 0 Å². The average Bonchev–Trinajstić information content (AvgIpc) is 2.03. The van der Waals surface area contributed by atoms with Crippen molar-refractivity contribution in [1.29, 1.82) is 0 Å². The van der Waals surface area contributed by atoms with E-state index in [0.29, 0.717) is 22.4 Å². The zero-order valence-corrected chi connectivity index (χ0v) is 7.86. The SMILES string of the molecule is C=C(Cl)CNc1ncccc1Cl. The highest BCUT2D eigenvalue weighted by Gasteiger charge is 1.98. The zero-order valence-electron chi connectivity index (χ0n) is 6.35. The van der Waals surface area contributed by atoms with E-state index in [-0.39, 0.29) is 0 Å². The minimum atomic E-state index is 0.471. The molecule has 0 amide bonds. The summed E-state index contributed by atoms with van der Waals surface area (Å²) in [7, 11) is 0. The average molecular weight is 203 g/mol. The monoisotopic (exact) mass is 202 g/mol. The Bertz CT molecular complexity index is 286. The maximum atomic E-state index is 5.81. The fourth-order valence-corrected chi connectivity index (χ4v) is 0.951. The fraction of sp³-hybridized carbons (Fsp3) is 0.125. The maximum absolute atomic E-state index is 5.81. The van der Waals surface area contributed by atoms with Crippen molar-refractivity contribution < 1.29 is 0 Å². The Kier molecular flexibility index (Phi) is 3.38. The predicted octanol–water partition coefficient (Wildman–Crippen LogP) is 2.90. The molecule has 2 nitrogen and oxygen atoms in total. The van der Waals surface area contributed by atoms with Gasteiger partial charge >= 0.3 is 0 Å². The van der Waals surface area contributed by atoms with Gasteiger partial charge < -0.3 is 5.32 Å².